The highest BCUT2D eigenvalue weighted by Crippen LogP contribution is 2.26. The minimum Gasteiger partial charge on any atom is -0.454 e. The number of benzene rings is 1. The molecule has 0 unspecified atom stereocenters. The second-order valence-electron chi connectivity index (χ2n) is 4.25. The Morgan fingerprint density at radius 3 is 2.35 bits per heavy atom. The van der Waals surface area contributed by atoms with E-state index in [0.717, 1.165) is 0 Å². The molecule has 0 bridgehead atoms. The molecule has 1 aromatic carbocycles. The molecule has 0 amide bonds. The van der Waals surface area contributed by atoms with Gasteiger partial charge in [-0.25, -0.2) is 0 Å². The van der Waals surface area contributed by atoms with E-state index in [2.05, 4.69) is 6.58 Å². The smallest absolute Gasteiger partial charge is 0.269 e. The molecule has 8 nitrogen and oxygen atoms in total. The van der Waals surface area contributed by atoms with Crippen LogP contribution in [0.2, 0.25) is 0 Å². The van der Waals surface area contributed by atoms with Crippen LogP contribution in [0.5, 0.6) is 5.75 Å². The fraction of sp³-hybridized carbons (Fsp3) is 0.333. The maximum absolute atomic E-state index is 10.5. The third-order valence-corrected chi connectivity index (χ3v) is 2.85. The Kier molecular flexibility index (Phi) is 3.89. The van der Waals surface area contributed by atoms with Crippen LogP contribution in [-0.4, -0.2) is 44.8 Å². The van der Waals surface area contributed by atoms with E-state index in [0.29, 0.717) is 0 Å². The van der Waals surface area contributed by atoms with Gasteiger partial charge in [0.15, 0.2) is 6.10 Å². The Morgan fingerprint density at radius 1 is 1.20 bits per heavy atom. The number of non-ortho nitro benzene ring substituents is 1. The molecule has 0 aromatic heterocycles. The molecular weight excluding hydrogens is 270 g/mol. The molecule has 2 rings (SSSR count). The van der Waals surface area contributed by atoms with Crippen LogP contribution in [0.1, 0.15) is 0 Å². The predicted molar refractivity (Wildman–Crippen MR) is 65.8 cm³/mol. The monoisotopic (exact) mass is 283 g/mol. The molecule has 1 aromatic rings. The maximum atomic E-state index is 10.5. The first-order chi connectivity index (χ1) is 9.40. The molecule has 0 spiro atoms. The van der Waals surface area contributed by atoms with Crippen molar-refractivity contribution in [3.8, 4) is 5.75 Å². The number of nitro benzene ring substituents is 1. The highest BCUT2D eigenvalue weighted by Gasteiger charge is 2.41. The summed E-state index contributed by atoms with van der Waals surface area (Å²) in [5.41, 5.74) is -0.109. The molecule has 1 saturated heterocycles. The fourth-order valence-electron chi connectivity index (χ4n) is 1.70. The number of ether oxygens (including phenoxy) is 2. The van der Waals surface area contributed by atoms with Crippen molar-refractivity contribution < 1.29 is 29.7 Å². The van der Waals surface area contributed by atoms with Crippen LogP contribution in [0.25, 0.3) is 0 Å². The van der Waals surface area contributed by atoms with Crippen LogP contribution in [0.4, 0.5) is 5.69 Å². The van der Waals surface area contributed by atoms with Crippen molar-refractivity contribution in [2.75, 3.05) is 0 Å². The van der Waals surface area contributed by atoms with Gasteiger partial charge in [-0.05, 0) is 12.1 Å². The molecule has 0 saturated carbocycles. The summed E-state index contributed by atoms with van der Waals surface area (Å²) >= 11 is 0. The molecule has 8 heteroatoms. The lowest BCUT2D eigenvalue weighted by Gasteiger charge is -2.36. The van der Waals surface area contributed by atoms with E-state index in [9.17, 15) is 25.4 Å². The van der Waals surface area contributed by atoms with Crippen molar-refractivity contribution in [1.29, 1.82) is 0 Å². The maximum Gasteiger partial charge on any atom is 0.269 e. The van der Waals surface area contributed by atoms with Crippen molar-refractivity contribution in [3.63, 3.8) is 0 Å². The van der Waals surface area contributed by atoms with Crippen LogP contribution in [0.3, 0.4) is 0 Å². The van der Waals surface area contributed by atoms with Gasteiger partial charge >= 0.3 is 0 Å². The Balaban J connectivity index is 2.09. The normalized spacial score (nSPS) is 29.6. The first-order valence-electron chi connectivity index (χ1n) is 5.71. The van der Waals surface area contributed by atoms with Crippen molar-refractivity contribution >= 4 is 5.69 Å². The van der Waals surface area contributed by atoms with Gasteiger partial charge in [-0.2, -0.15) is 0 Å². The summed E-state index contributed by atoms with van der Waals surface area (Å²) in [7, 11) is 0. The lowest BCUT2D eigenvalue weighted by molar-refractivity contribution is -0.384. The quantitative estimate of drug-likeness (QED) is 0.524. The molecule has 0 aliphatic carbocycles. The molecule has 108 valence electrons. The first kappa shape index (κ1) is 14.3. The molecule has 1 fully saturated rings. The van der Waals surface area contributed by atoms with Gasteiger partial charge in [0.2, 0.25) is 0 Å². The van der Waals surface area contributed by atoms with E-state index >= 15 is 0 Å². The lowest BCUT2D eigenvalue weighted by atomic mass is 10.0. The van der Waals surface area contributed by atoms with E-state index in [1.54, 1.807) is 0 Å². The van der Waals surface area contributed by atoms with Crippen LogP contribution < -0.4 is 4.74 Å². The predicted octanol–water partition coefficient (Wildman–Crippen LogP) is -0.0737. The average Bonchev–Trinajstić information content (AvgIpc) is 2.43. The minimum atomic E-state index is -1.49. The summed E-state index contributed by atoms with van der Waals surface area (Å²) in [5, 5.41) is 39.2. The number of rotatable bonds is 3. The van der Waals surface area contributed by atoms with Crippen molar-refractivity contribution in [2.45, 2.75) is 24.6 Å². The summed E-state index contributed by atoms with van der Waals surface area (Å²) in [4.78, 5) is 9.95. The van der Waals surface area contributed by atoms with Crippen LogP contribution in [0, 0.1) is 10.1 Å². The number of hydrogen-bond donors (Lipinski definition) is 3. The lowest BCUT2D eigenvalue weighted by Crippen LogP contribution is -2.53. The minimum absolute atomic E-state index is 0.109. The van der Waals surface area contributed by atoms with Gasteiger partial charge in [0.1, 0.15) is 23.7 Å². The summed E-state index contributed by atoms with van der Waals surface area (Å²) < 4.78 is 10.3. The molecule has 1 heterocycles. The average molecular weight is 283 g/mol. The van der Waals surface area contributed by atoms with Gasteiger partial charge in [0, 0.05) is 12.1 Å². The van der Waals surface area contributed by atoms with E-state index in [4.69, 9.17) is 9.47 Å². The number of nitro groups is 1. The summed E-state index contributed by atoms with van der Waals surface area (Å²) in [5.74, 6) is 0.0748. The summed E-state index contributed by atoms with van der Waals surface area (Å²) in [6, 6.07) is 5.11. The second-order valence-corrected chi connectivity index (χ2v) is 4.25. The third kappa shape index (κ3) is 2.72. The molecule has 3 N–H and O–H groups in total. The van der Waals surface area contributed by atoms with Gasteiger partial charge in [0.25, 0.3) is 12.0 Å². The van der Waals surface area contributed by atoms with E-state index in [1.807, 2.05) is 0 Å². The van der Waals surface area contributed by atoms with E-state index < -0.39 is 29.5 Å². The number of hydrogen-bond acceptors (Lipinski definition) is 7. The highest BCUT2D eigenvalue weighted by molar-refractivity contribution is 5.36. The SMILES string of the molecule is C=C1O[C@@H](Oc2ccc([N+](=O)[O-])cc2)[C@H](O)[C@@H](O)[C@H]1O. The third-order valence-electron chi connectivity index (χ3n) is 2.85. The zero-order chi connectivity index (χ0) is 14.9. The van der Waals surface area contributed by atoms with Crippen LogP contribution in [-0.2, 0) is 4.74 Å². The molecule has 1 aliphatic heterocycles. The van der Waals surface area contributed by atoms with Gasteiger partial charge in [0.05, 0.1) is 4.92 Å². The second kappa shape index (κ2) is 5.45. The zero-order valence-corrected chi connectivity index (χ0v) is 10.2. The zero-order valence-electron chi connectivity index (χ0n) is 10.2. The van der Waals surface area contributed by atoms with Gasteiger partial charge in [-0.3, -0.25) is 10.1 Å². The molecule has 0 radical (unpaired) electrons. The molecular formula is C12H13NO7. The Morgan fingerprint density at radius 2 is 1.80 bits per heavy atom. The first-order valence-corrected chi connectivity index (χ1v) is 5.71. The van der Waals surface area contributed by atoms with Crippen molar-refractivity contribution in [1.82, 2.24) is 0 Å². The van der Waals surface area contributed by atoms with Gasteiger partial charge in [-0.1, -0.05) is 6.58 Å². The largest absolute Gasteiger partial charge is 0.454 e. The number of aliphatic hydroxyl groups is 3. The summed E-state index contributed by atoms with van der Waals surface area (Å²) in [6.45, 7) is 3.40. The Bertz CT molecular complexity index is 515. The topological polar surface area (TPSA) is 122 Å². The van der Waals surface area contributed by atoms with Gasteiger partial charge < -0.3 is 24.8 Å². The van der Waals surface area contributed by atoms with Crippen molar-refractivity contribution in [2.24, 2.45) is 0 Å². The number of nitrogens with zero attached hydrogens (tertiary/aromatic N) is 1. The van der Waals surface area contributed by atoms with Crippen molar-refractivity contribution in [3.05, 3.63) is 46.7 Å². The molecule has 20 heavy (non-hydrogen) atoms. The molecule has 4 atom stereocenters. The fourth-order valence-corrected chi connectivity index (χ4v) is 1.70. The van der Waals surface area contributed by atoms with Crippen LogP contribution in [0.15, 0.2) is 36.6 Å². The standard InChI is InChI=1S/C12H13NO7/c1-6-9(14)10(15)11(16)12(19-6)20-8-4-2-7(3-5-8)13(17)18/h2-5,9-12,14-16H,1H2/t9-,10-,11+,12-/m0/s1. The molecule has 1 aliphatic rings. The van der Waals surface area contributed by atoms with E-state index in [1.165, 1.54) is 24.3 Å². The highest BCUT2D eigenvalue weighted by atomic mass is 16.7. The van der Waals surface area contributed by atoms with Crippen LogP contribution >= 0.6 is 0 Å². The van der Waals surface area contributed by atoms with Gasteiger partial charge in [-0.15, -0.1) is 0 Å². The Labute approximate surface area is 113 Å². The van der Waals surface area contributed by atoms with E-state index in [-0.39, 0.29) is 17.2 Å². The summed E-state index contributed by atoms with van der Waals surface area (Å²) in [6.07, 6.45) is -5.63. The number of aliphatic hydroxyl groups excluding tert-OH is 3. The Hall–Kier alpha value is -2.16.